The third-order valence-electron chi connectivity index (χ3n) is 5.49. The van der Waals surface area contributed by atoms with Crippen LogP contribution in [0.15, 0.2) is 12.2 Å². The Kier molecular flexibility index (Phi) is 20.2. The van der Waals surface area contributed by atoms with Gasteiger partial charge in [-0.25, -0.2) is 0 Å². The zero-order valence-corrected chi connectivity index (χ0v) is 17.8. The molecule has 0 radical (unpaired) electrons. The van der Waals surface area contributed by atoms with Crippen molar-refractivity contribution in [2.45, 2.75) is 129 Å². The molecule has 0 saturated heterocycles. The SMILES string of the molecule is CCCC(C)C(O)CCCCCCCCCCCCCCCC=CC=O. The van der Waals surface area contributed by atoms with Gasteiger partial charge in [0.15, 0.2) is 0 Å². The Morgan fingerprint density at radius 1 is 0.731 bits per heavy atom. The van der Waals surface area contributed by atoms with E-state index in [0.29, 0.717) is 5.92 Å². The highest BCUT2D eigenvalue weighted by Crippen LogP contribution is 2.17. The number of hydrogen-bond acceptors (Lipinski definition) is 2. The van der Waals surface area contributed by atoms with Gasteiger partial charge in [-0.05, 0) is 37.7 Å². The van der Waals surface area contributed by atoms with Crippen LogP contribution in [0.2, 0.25) is 0 Å². The first-order chi connectivity index (χ1) is 12.7. The Morgan fingerprint density at radius 2 is 1.19 bits per heavy atom. The third kappa shape index (κ3) is 18.2. The van der Waals surface area contributed by atoms with Crippen molar-refractivity contribution in [3.63, 3.8) is 0 Å². The monoisotopic (exact) mass is 366 g/mol. The van der Waals surface area contributed by atoms with E-state index in [9.17, 15) is 9.90 Å². The molecule has 0 amide bonds. The smallest absolute Gasteiger partial charge is 0.142 e. The summed E-state index contributed by atoms with van der Waals surface area (Å²) >= 11 is 0. The fourth-order valence-corrected chi connectivity index (χ4v) is 3.64. The summed E-state index contributed by atoms with van der Waals surface area (Å²) in [5, 5.41) is 10.1. The van der Waals surface area contributed by atoms with Crippen molar-refractivity contribution in [2.75, 3.05) is 0 Å². The summed E-state index contributed by atoms with van der Waals surface area (Å²) in [6.45, 7) is 4.38. The van der Waals surface area contributed by atoms with Crippen LogP contribution in [-0.2, 0) is 4.79 Å². The summed E-state index contributed by atoms with van der Waals surface area (Å²) < 4.78 is 0. The highest BCUT2D eigenvalue weighted by Gasteiger charge is 2.12. The third-order valence-corrected chi connectivity index (χ3v) is 5.49. The summed E-state index contributed by atoms with van der Waals surface area (Å²) in [5.74, 6) is 0.472. The second-order valence-electron chi connectivity index (χ2n) is 8.07. The van der Waals surface area contributed by atoms with Gasteiger partial charge in [0.2, 0.25) is 0 Å². The summed E-state index contributed by atoms with van der Waals surface area (Å²) in [7, 11) is 0. The number of unbranched alkanes of at least 4 members (excludes halogenated alkanes) is 13. The Labute approximate surface area is 163 Å². The zero-order valence-electron chi connectivity index (χ0n) is 17.8. The topological polar surface area (TPSA) is 37.3 Å². The molecule has 0 aromatic carbocycles. The molecule has 0 saturated carbocycles. The predicted octanol–water partition coefficient (Wildman–Crippen LogP) is 7.39. The van der Waals surface area contributed by atoms with Gasteiger partial charge in [0.25, 0.3) is 0 Å². The lowest BCUT2D eigenvalue weighted by molar-refractivity contribution is -0.104. The minimum absolute atomic E-state index is 0.0808. The van der Waals surface area contributed by atoms with Gasteiger partial charge < -0.3 is 5.11 Å². The Hall–Kier alpha value is -0.630. The maximum Gasteiger partial charge on any atom is 0.142 e. The lowest BCUT2D eigenvalue weighted by atomic mass is 9.95. The van der Waals surface area contributed by atoms with Crippen LogP contribution >= 0.6 is 0 Å². The maximum absolute atomic E-state index is 10.1. The molecule has 0 aromatic rings. The van der Waals surface area contributed by atoms with E-state index in [1.807, 2.05) is 6.08 Å². The molecular weight excluding hydrogens is 320 g/mol. The molecule has 0 aromatic heterocycles. The van der Waals surface area contributed by atoms with E-state index in [-0.39, 0.29) is 6.10 Å². The molecule has 0 aliphatic heterocycles. The molecule has 0 spiro atoms. The molecule has 2 atom stereocenters. The van der Waals surface area contributed by atoms with Crippen LogP contribution in [0.4, 0.5) is 0 Å². The number of aldehydes is 1. The Bertz CT molecular complexity index is 311. The van der Waals surface area contributed by atoms with Crippen molar-refractivity contribution in [1.29, 1.82) is 0 Å². The predicted molar refractivity (Wildman–Crippen MR) is 115 cm³/mol. The van der Waals surface area contributed by atoms with E-state index in [2.05, 4.69) is 13.8 Å². The van der Waals surface area contributed by atoms with Crippen molar-refractivity contribution in [3.05, 3.63) is 12.2 Å². The second kappa shape index (κ2) is 20.7. The second-order valence-corrected chi connectivity index (χ2v) is 8.07. The molecule has 2 nitrogen and oxygen atoms in total. The standard InChI is InChI=1S/C24H46O2/c1-3-20-23(2)24(26)21-18-16-14-12-10-8-6-4-5-7-9-11-13-15-17-19-22-25/h17,19,22-24,26H,3-16,18,20-21H2,1-2H3. The molecule has 0 rings (SSSR count). The van der Waals surface area contributed by atoms with Gasteiger partial charge >= 0.3 is 0 Å². The van der Waals surface area contributed by atoms with Crippen molar-refractivity contribution in [3.8, 4) is 0 Å². The van der Waals surface area contributed by atoms with Gasteiger partial charge in [0.1, 0.15) is 6.29 Å². The summed E-state index contributed by atoms with van der Waals surface area (Å²) in [6, 6.07) is 0. The number of rotatable bonds is 20. The van der Waals surface area contributed by atoms with E-state index < -0.39 is 0 Å². The maximum atomic E-state index is 10.1. The lowest BCUT2D eigenvalue weighted by Gasteiger charge is -2.17. The van der Waals surface area contributed by atoms with Gasteiger partial charge in [0, 0.05) is 0 Å². The van der Waals surface area contributed by atoms with Crippen LogP contribution in [0.3, 0.4) is 0 Å². The zero-order chi connectivity index (χ0) is 19.3. The number of allylic oxidation sites excluding steroid dienone is 2. The van der Waals surface area contributed by atoms with Crippen molar-refractivity contribution in [2.24, 2.45) is 5.92 Å². The van der Waals surface area contributed by atoms with Crippen molar-refractivity contribution >= 4 is 6.29 Å². The Balaban J connectivity index is 3.15. The Morgan fingerprint density at radius 3 is 1.65 bits per heavy atom. The number of carbonyl (C=O) groups excluding carboxylic acids is 1. The van der Waals surface area contributed by atoms with E-state index in [1.54, 1.807) is 6.08 Å². The number of hydrogen-bond donors (Lipinski definition) is 1. The first kappa shape index (κ1) is 25.4. The van der Waals surface area contributed by atoms with E-state index in [4.69, 9.17) is 0 Å². The molecule has 0 heterocycles. The molecule has 26 heavy (non-hydrogen) atoms. The highest BCUT2D eigenvalue weighted by atomic mass is 16.3. The average molecular weight is 367 g/mol. The van der Waals surface area contributed by atoms with Crippen molar-refractivity contribution in [1.82, 2.24) is 0 Å². The molecule has 154 valence electrons. The summed E-state index contributed by atoms with van der Waals surface area (Å²) in [4.78, 5) is 10.1. The number of aliphatic hydroxyl groups excluding tert-OH is 1. The average Bonchev–Trinajstić information content (AvgIpc) is 2.64. The van der Waals surface area contributed by atoms with Crippen LogP contribution < -0.4 is 0 Å². The van der Waals surface area contributed by atoms with E-state index in [0.717, 1.165) is 25.5 Å². The van der Waals surface area contributed by atoms with E-state index >= 15 is 0 Å². The molecule has 0 aliphatic rings. The highest BCUT2D eigenvalue weighted by molar-refractivity contribution is 5.64. The summed E-state index contributed by atoms with van der Waals surface area (Å²) in [5.41, 5.74) is 0. The first-order valence-corrected chi connectivity index (χ1v) is 11.5. The summed E-state index contributed by atoms with van der Waals surface area (Å²) in [6.07, 6.45) is 26.1. The minimum Gasteiger partial charge on any atom is -0.393 e. The minimum atomic E-state index is -0.0808. The molecule has 0 fully saturated rings. The molecule has 2 heteroatoms. The van der Waals surface area contributed by atoms with Crippen molar-refractivity contribution < 1.29 is 9.90 Å². The van der Waals surface area contributed by atoms with Gasteiger partial charge in [-0.3, -0.25) is 4.79 Å². The normalized spacial score (nSPS) is 14.0. The van der Waals surface area contributed by atoms with Crippen LogP contribution in [0.25, 0.3) is 0 Å². The molecule has 0 aliphatic carbocycles. The molecule has 0 bridgehead atoms. The van der Waals surface area contributed by atoms with Crippen LogP contribution in [-0.4, -0.2) is 17.5 Å². The van der Waals surface area contributed by atoms with Gasteiger partial charge in [-0.2, -0.15) is 0 Å². The molecule has 1 N–H and O–H groups in total. The first-order valence-electron chi connectivity index (χ1n) is 11.5. The number of aliphatic hydroxyl groups is 1. The molecular formula is C24H46O2. The fourth-order valence-electron chi connectivity index (χ4n) is 3.64. The van der Waals surface area contributed by atoms with Gasteiger partial charge in [0.05, 0.1) is 6.10 Å². The molecule has 2 unspecified atom stereocenters. The van der Waals surface area contributed by atoms with Crippen LogP contribution in [0.5, 0.6) is 0 Å². The van der Waals surface area contributed by atoms with Crippen LogP contribution in [0, 0.1) is 5.92 Å². The lowest BCUT2D eigenvalue weighted by Crippen LogP contribution is -2.17. The van der Waals surface area contributed by atoms with Gasteiger partial charge in [-0.15, -0.1) is 0 Å². The number of carbonyl (C=O) groups is 1. The van der Waals surface area contributed by atoms with Crippen LogP contribution in [0.1, 0.15) is 123 Å². The fraction of sp³-hybridized carbons (Fsp3) is 0.875. The van der Waals surface area contributed by atoms with E-state index in [1.165, 1.54) is 89.9 Å². The van der Waals surface area contributed by atoms with Gasteiger partial charge in [-0.1, -0.05) is 103 Å². The quantitative estimate of drug-likeness (QED) is 0.138. The largest absolute Gasteiger partial charge is 0.393 e.